The molecular formula is C11H14ClNO. The van der Waals surface area contributed by atoms with Gasteiger partial charge in [0, 0.05) is 23.6 Å². The number of rotatable bonds is 4. The quantitative estimate of drug-likeness (QED) is 0.473. The van der Waals surface area contributed by atoms with Crippen molar-refractivity contribution in [1.29, 1.82) is 0 Å². The molecule has 0 heterocycles. The van der Waals surface area contributed by atoms with Gasteiger partial charge in [-0.1, -0.05) is 12.1 Å². The third-order valence-electron chi connectivity index (χ3n) is 2.16. The summed E-state index contributed by atoms with van der Waals surface area (Å²) in [6, 6.07) is 5.51. The Balaban J connectivity index is 2.84. The molecule has 0 aliphatic heterocycles. The summed E-state index contributed by atoms with van der Waals surface area (Å²) in [6.45, 7) is 1.90. The van der Waals surface area contributed by atoms with E-state index in [0.717, 1.165) is 5.56 Å². The second-order valence-electron chi connectivity index (χ2n) is 3.25. The Morgan fingerprint density at radius 2 is 2.21 bits per heavy atom. The Morgan fingerprint density at radius 1 is 1.50 bits per heavy atom. The maximum Gasteiger partial charge on any atom is 0.164 e. The van der Waals surface area contributed by atoms with Gasteiger partial charge in [0.2, 0.25) is 0 Å². The van der Waals surface area contributed by atoms with E-state index in [0.29, 0.717) is 30.0 Å². The minimum Gasteiger partial charge on any atom is -0.398 e. The molecule has 3 heteroatoms. The molecule has 0 saturated heterocycles. The molecule has 0 aliphatic carbocycles. The van der Waals surface area contributed by atoms with Crippen molar-refractivity contribution in [2.75, 3.05) is 11.6 Å². The van der Waals surface area contributed by atoms with Gasteiger partial charge in [-0.2, -0.15) is 0 Å². The van der Waals surface area contributed by atoms with Crippen molar-refractivity contribution in [3.63, 3.8) is 0 Å². The summed E-state index contributed by atoms with van der Waals surface area (Å²) >= 11 is 5.52. The summed E-state index contributed by atoms with van der Waals surface area (Å²) in [5.41, 5.74) is 7.96. The van der Waals surface area contributed by atoms with Gasteiger partial charge in [-0.15, -0.1) is 11.6 Å². The molecule has 0 atom stereocenters. The maximum absolute atomic E-state index is 11.6. The van der Waals surface area contributed by atoms with Crippen molar-refractivity contribution in [3.8, 4) is 0 Å². The van der Waals surface area contributed by atoms with E-state index in [2.05, 4.69) is 0 Å². The average molecular weight is 212 g/mol. The molecular weight excluding hydrogens is 198 g/mol. The molecule has 14 heavy (non-hydrogen) atoms. The fraction of sp³-hybridized carbons (Fsp3) is 0.364. The van der Waals surface area contributed by atoms with Crippen LogP contribution in [0.3, 0.4) is 0 Å². The van der Waals surface area contributed by atoms with E-state index in [1.807, 2.05) is 19.1 Å². The summed E-state index contributed by atoms with van der Waals surface area (Å²) in [5, 5.41) is 0. The Labute approximate surface area is 89.1 Å². The van der Waals surface area contributed by atoms with Crippen LogP contribution in [-0.4, -0.2) is 11.7 Å². The van der Waals surface area contributed by atoms with Crippen LogP contribution in [0.15, 0.2) is 18.2 Å². The van der Waals surface area contributed by atoms with Crippen LogP contribution in [0.5, 0.6) is 0 Å². The molecule has 0 aliphatic rings. The Hall–Kier alpha value is -1.02. The van der Waals surface area contributed by atoms with E-state index in [9.17, 15) is 4.79 Å². The number of Topliss-reactive ketones (excluding diaryl/α,β-unsaturated/α-hetero) is 1. The van der Waals surface area contributed by atoms with Gasteiger partial charge in [-0.25, -0.2) is 0 Å². The molecule has 0 unspecified atom stereocenters. The summed E-state index contributed by atoms with van der Waals surface area (Å²) in [7, 11) is 0. The van der Waals surface area contributed by atoms with Crippen molar-refractivity contribution >= 4 is 23.1 Å². The Kier molecular flexibility index (Phi) is 3.96. The van der Waals surface area contributed by atoms with Gasteiger partial charge >= 0.3 is 0 Å². The SMILES string of the molecule is Cc1cccc(C(=O)CCCCl)c1N. The number of alkyl halides is 1. The van der Waals surface area contributed by atoms with Gasteiger partial charge in [0.15, 0.2) is 5.78 Å². The zero-order valence-corrected chi connectivity index (χ0v) is 8.97. The molecule has 0 bridgehead atoms. The first kappa shape index (κ1) is 11.1. The molecule has 0 radical (unpaired) electrons. The fourth-order valence-electron chi connectivity index (χ4n) is 1.29. The van der Waals surface area contributed by atoms with Crippen LogP contribution < -0.4 is 5.73 Å². The number of anilines is 1. The van der Waals surface area contributed by atoms with Crippen LogP contribution in [0, 0.1) is 6.92 Å². The van der Waals surface area contributed by atoms with Crippen LogP contribution in [0.4, 0.5) is 5.69 Å². The summed E-state index contributed by atoms with van der Waals surface area (Å²) in [6.07, 6.45) is 1.17. The van der Waals surface area contributed by atoms with Crippen molar-refractivity contribution in [2.24, 2.45) is 0 Å². The monoisotopic (exact) mass is 211 g/mol. The lowest BCUT2D eigenvalue weighted by molar-refractivity contribution is 0.0983. The largest absolute Gasteiger partial charge is 0.398 e. The molecule has 1 aromatic rings. The molecule has 0 amide bonds. The average Bonchev–Trinajstić information content (AvgIpc) is 2.18. The summed E-state index contributed by atoms with van der Waals surface area (Å²) in [4.78, 5) is 11.6. The van der Waals surface area contributed by atoms with Crippen LogP contribution >= 0.6 is 11.6 Å². The third-order valence-corrected chi connectivity index (χ3v) is 2.43. The lowest BCUT2D eigenvalue weighted by atomic mass is 10.0. The first-order valence-corrected chi connectivity index (χ1v) is 5.14. The van der Waals surface area contributed by atoms with Gasteiger partial charge in [0.25, 0.3) is 0 Å². The number of aryl methyl sites for hydroxylation is 1. The number of hydrogen-bond acceptors (Lipinski definition) is 2. The first-order chi connectivity index (χ1) is 6.66. The molecule has 2 N–H and O–H groups in total. The van der Waals surface area contributed by atoms with E-state index in [4.69, 9.17) is 17.3 Å². The number of benzene rings is 1. The Bertz CT molecular complexity index is 336. The molecule has 0 fully saturated rings. The molecule has 2 nitrogen and oxygen atoms in total. The smallest absolute Gasteiger partial charge is 0.164 e. The number of carbonyl (C=O) groups excluding carboxylic acids is 1. The molecule has 1 rings (SSSR count). The summed E-state index contributed by atoms with van der Waals surface area (Å²) < 4.78 is 0. The number of carbonyl (C=O) groups is 1. The lowest BCUT2D eigenvalue weighted by Gasteiger charge is -2.06. The predicted octanol–water partition coefficient (Wildman–Crippen LogP) is 2.78. The number of nitrogen functional groups attached to an aromatic ring is 1. The zero-order chi connectivity index (χ0) is 10.6. The topological polar surface area (TPSA) is 43.1 Å². The van der Waals surface area contributed by atoms with Crippen LogP contribution in [0.1, 0.15) is 28.8 Å². The van der Waals surface area contributed by atoms with E-state index in [1.165, 1.54) is 0 Å². The third kappa shape index (κ3) is 2.48. The Morgan fingerprint density at radius 3 is 2.86 bits per heavy atom. The van der Waals surface area contributed by atoms with Gasteiger partial charge < -0.3 is 5.73 Å². The van der Waals surface area contributed by atoms with Crippen LogP contribution in [0.25, 0.3) is 0 Å². The predicted molar refractivity (Wildman–Crippen MR) is 59.9 cm³/mol. The van der Waals surface area contributed by atoms with Crippen LogP contribution in [-0.2, 0) is 0 Å². The zero-order valence-electron chi connectivity index (χ0n) is 8.22. The second-order valence-corrected chi connectivity index (χ2v) is 3.63. The highest BCUT2D eigenvalue weighted by atomic mass is 35.5. The van der Waals surface area contributed by atoms with E-state index < -0.39 is 0 Å². The number of halogens is 1. The number of hydrogen-bond donors (Lipinski definition) is 1. The maximum atomic E-state index is 11.6. The first-order valence-electron chi connectivity index (χ1n) is 4.61. The van der Waals surface area contributed by atoms with E-state index in [-0.39, 0.29) is 5.78 Å². The molecule has 0 spiro atoms. The molecule has 1 aromatic carbocycles. The highest BCUT2D eigenvalue weighted by molar-refractivity contribution is 6.18. The molecule has 76 valence electrons. The molecule has 0 aromatic heterocycles. The standard InChI is InChI=1S/C11H14ClNO/c1-8-4-2-5-9(11(8)13)10(14)6-3-7-12/h2,4-5H,3,6-7,13H2,1H3. The highest BCUT2D eigenvalue weighted by Gasteiger charge is 2.09. The number of nitrogens with two attached hydrogens (primary N) is 1. The van der Waals surface area contributed by atoms with Crippen molar-refractivity contribution < 1.29 is 4.79 Å². The fourth-order valence-corrected chi connectivity index (χ4v) is 1.42. The number of para-hydroxylation sites is 1. The van der Waals surface area contributed by atoms with E-state index >= 15 is 0 Å². The minimum absolute atomic E-state index is 0.0758. The van der Waals surface area contributed by atoms with Crippen molar-refractivity contribution in [3.05, 3.63) is 29.3 Å². The highest BCUT2D eigenvalue weighted by Crippen LogP contribution is 2.18. The normalized spacial score (nSPS) is 10.1. The van der Waals surface area contributed by atoms with E-state index in [1.54, 1.807) is 6.07 Å². The van der Waals surface area contributed by atoms with Gasteiger partial charge in [0.1, 0.15) is 0 Å². The lowest BCUT2D eigenvalue weighted by Crippen LogP contribution is -2.05. The van der Waals surface area contributed by atoms with Gasteiger partial charge in [-0.05, 0) is 25.0 Å². The second kappa shape index (κ2) is 5.01. The van der Waals surface area contributed by atoms with Gasteiger partial charge in [0.05, 0.1) is 0 Å². The summed E-state index contributed by atoms with van der Waals surface area (Å²) in [5.74, 6) is 0.587. The van der Waals surface area contributed by atoms with Crippen molar-refractivity contribution in [2.45, 2.75) is 19.8 Å². The van der Waals surface area contributed by atoms with Gasteiger partial charge in [-0.3, -0.25) is 4.79 Å². The van der Waals surface area contributed by atoms with Crippen LogP contribution in [0.2, 0.25) is 0 Å². The minimum atomic E-state index is 0.0758. The van der Waals surface area contributed by atoms with Crippen molar-refractivity contribution in [1.82, 2.24) is 0 Å². The molecule has 0 saturated carbocycles. The number of ketones is 1.